The van der Waals surface area contributed by atoms with Crippen LogP contribution >= 0.6 is 0 Å². The van der Waals surface area contributed by atoms with Crippen molar-refractivity contribution in [2.75, 3.05) is 33.2 Å². The van der Waals surface area contributed by atoms with E-state index in [-0.39, 0.29) is 12.9 Å². The van der Waals surface area contributed by atoms with Gasteiger partial charge in [0.25, 0.3) is 12.9 Å². The van der Waals surface area contributed by atoms with E-state index in [1.807, 2.05) is 7.05 Å². The SMILES string of the molecule is CCCCCCCCC(CC)CCCCCCCN(CCCCCCCC(CCCCCCCC)CCCCCCCC)CCCNC(=C/N)/C(=C\N)NC.O=CO.O=CO. The molecule has 9 heteroatoms. The summed E-state index contributed by atoms with van der Waals surface area (Å²) in [5.74, 6) is 1.95. The lowest BCUT2D eigenvalue weighted by atomic mass is 9.89. The Labute approximate surface area is 379 Å². The first-order valence-electron chi connectivity index (χ1n) is 26.1. The van der Waals surface area contributed by atoms with Gasteiger partial charge in [-0.2, -0.15) is 0 Å². The smallest absolute Gasteiger partial charge is 0.290 e. The number of rotatable bonds is 45. The molecule has 61 heavy (non-hydrogen) atoms. The Morgan fingerprint density at radius 1 is 0.459 bits per heavy atom. The van der Waals surface area contributed by atoms with Gasteiger partial charge in [-0.25, -0.2) is 0 Å². The first kappa shape index (κ1) is 62.9. The van der Waals surface area contributed by atoms with Crippen LogP contribution in [0, 0.1) is 11.8 Å². The third kappa shape index (κ3) is 48.5. The van der Waals surface area contributed by atoms with Crippen molar-refractivity contribution < 1.29 is 19.8 Å². The van der Waals surface area contributed by atoms with E-state index in [9.17, 15) is 0 Å². The molecule has 0 fully saturated rings. The summed E-state index contributed by atoms with van der Waals surface area (Å²) in [5, 5.41) is 20.4. The number of hydrogen-bond donors (Lipinski definition) is 6. The summed E-state index contributed by atoms with van der Waals surface area (Å²) in [6, 6.07) is 0. The van der Waals surface area contributed by atoms with Crippen LogP contribution in [0.1, 0.15) is 252 Å². The highest BCUT2D eigenvalue weighted by atomic mass is 16.3. The molecule has 364 valence electrons. The number of nitrogens with two attached hydrogens (primary N) is 2. The molecule has 0 rings (SSSR count). The standard InChI is InChI=1S/C50H103N5.2CH2O2/c1-6-10-13-16-21-28-36-47(9-4)37-29-24-19-26-33-42-55(44-35-41-54-50(46-52)49(45-51)53-5)43-34-27-20-25-32-40-48(38-30-22-17-14-11-7-2)39-31-23-18-15-12-8-3;2*2-1-3/h45-48,53-54H,6-44,51-52H2,1-5H3;2*1H,(H,2,3)/b49-45+,50-46+;;. The Morgan fingerprint density at radius 2 is 0.754 bits per heavy atom. The lowest BCUT2D eigenvalue weighted by Crippen LogP contribution is -2.30. The molecule has 8 N–H and O–H groups in total. The van der Waals surface area contributed by atoms with Crippen LogP contribution in [0.2, 0.25) is 0 Å². The molecule has 1 unspecified atom stereocenters. The first-order chi connectivity index (χ1) is 29.9. The molecule has 0 aromatic heterocycles. The zero-order valence-electron chi connectivity index (χ0n) is 41.4. The highest BCUT2D eigenvalue weighted by Crippen LogP contribution is 2.25. The van der Waals surface area contributed by atoms with E-state index in [1.165, 1.54) is 231 Å². The van der Waals surface area contributed by atoms with Gasteiger partial charge in [-0.3, -0.25) is 9.59 Å². The highest BCUT2D eigenvalue weighted by Gasteiger charge is 2.11. The average molecular weight is 866 g/mol. The molecule has 0 aliphatic rings. The summed E-state index contributed by atoms with van der Waals surface area (Å²) in [6.07, 6.45) is 52.9. The van der Waals surface area contributed by atoms with Crippen molar-refractivity contribution in [2.45, 2.75) is 252 Å². The molecule has 0 heterocycles. The molecule has 0 bridgehead atoms. The summed E-state index contributed by atoms with van der Waals surface area (Å²) in [6.45, 7) is 13.4. The van der Waals surface area contributed by atoms with Crippen molar-refractivity contribution >= 4 is 12.9 Å². The third-order valence-corrected chi connectivity index (χ3v) is 12.5. The van der Waals surface area contributed by atoms with Crippen LogP contribution < -0.4 is 22.1 Å². The van der Waals surface area contributed by atoms with E-state index in [0.29, 0.717) is 0 Å². The fourth-order valence-corrected chi connectivity index (χ4v) is 8.64. The molecule has 9 nitrogen and oxygen atoms in total. The van der Waals surface area contributed by atoms with Crippen molar-refractivity contribution in [1.82, 2.24) is 15.5 Å². The fraction of sp³-hybridized carbons (Fsp3) is 0.885. The van der Waals surface area contributed by atoms with Crippen LogP contribution in [0.25, 0.3) is 0 Å². The Kier molecular flexibility index (Phi) is 57.3. The van der Waals surface area contributed by atoms with Crippen molar-refractivity contribution in [3.8, 4) is 0 Å². The van der Waals surface area contributed by atoms with Crippen LogP contribution in [0.15, 0.2) is 23.8 Å². The Bertz CT molecular complexity index is 896. The molecular formula is C52H107N5O4. The largest absolute Gasteiger partial charge is 0.483 e. The first-order valence-corrected chi connectivity index (χ1v) is 26.1. The second-order valence-electron chi connectivity index (χ2n) is 17.7. The topological polar surface area (TPSA) is 154 Å². The maximum Gasteiger partial charge on any atom is 0.290 e. The van der Waals surface area contributed by atoms with Crippen LogP contribution in [0.3, 0.4) is 0 Å². The molecule has 1 atom stereocenters. The minimum atomic E-state index is -0.250. The lowest BCUT2D eigenvalue weighted by Gasteiger charge is -2.23. The van der Waals surface area contributed by atoms with Gasteiger partial charge >= 0.3 is 0 Å². The molecular weight excluding hydrogens is 759 g/mol. The van der Waals surface area contributed by atoms with Crippen LogP contribution in [0.5, 0.6) is 0 Å². The van der Waals surface area contributed by atoms with Crippen molar-refractivity contribution in [2.24, 2.45) is 23.3 Å². The summed E-state index contributed by atoms with van der Waals surface area (Å²) in [7, 11) is 1.88. The van der Waals surface area contributed by atoms with Gasteiger partial charge in [0.2, 0.25) is 0 Å². The van der Waals surface area contributed by atoms with Gasteiger partial charge in [0.15, 0.2) is 0 Å². The van der Waals surface area contributed by atoms with E-state index < -0.39 is 0 Å². The molecule has 0 aliphatic heterocycles. The molecule has 0 spiro atoms. The van der Waals surface area contributed by atoms with E-state index in [4.69, 9.17) is 31.3 Å². The van der Waals surface area contributed by atoms with Gasteiger partial charge in [-0.05, 0) is 50.7 Å². The van der Waals surface area contributed by atoms with Gasteiger partial charge in [0.1, 0.15) is 0 Å². The molecule has 0 aliphatic carbocycles. The molecule has 0 aromatic rings. The summed E-state index contributed by atoms with van der Waals surface area (Å²) < 4.78 is 0. The summed E-state index contributed by atoms with van der Waals surface area (Å²) in [5.41, 5.74) is 13.4. The zero-order valence-corrected chi connectivity index (χ0v) is 41.4. The predicted octanol–water partition coefficient (Wildman–Crippen LogP) is 14.1. The number of unbranched alkanes of at least 4 members (excludes halogenated alkanes) is 23. The number of nitrogens with zero attached hydrogens (tertiary/aromatic N) is 1. The number of carboxylic acid groups (broad SMARTS) is 2. The lowest BCUT2D eigenvalue weighted by molar-refractivity contribution is -0.123. The van der Waals surface area contributed by atoms with Crippen molar-refractivity contribution in [3.05, 3.63) is 23.8 Å². The maximum absolute atomic E-state index is 8.36. The molecule has 0 saturated heterocycles. The fourth-order valence-electron chi connectivity index (χ4n) is 8.64. The van der Waals surface area contributed by atoms with E-state index in [0.717, 1.165) is 42.7 Å². The minimum absolute atomic E-state index is 0.250. The third-order valence-electron chi connectivity index (χ3n) is 12.5. The van der Waals surface area contributed by atoms with Crippen LogP contribution in [0.4, 0.5) is 0 Å². The van der Waals surface area contributed by atoms with E-state index in [2.05, 4.69) is 43.2 Å². The Hall–Kier alpha value is -2.42. The summed E-state index contributed by atoms with van der Waals surface area (Å²) in [4.78, 5) is 19.5. The number of hydrogen-bond acceptors (Lipinski definition) is 7. The normalized spacial score (nSPS) is 12.1. The number of nitrogens with one attached hydrogen (secondary N) is 2. The molecule has 0 radical (unpaired) electrons. The highest BCUT2D eigenvalue weighted by molar-refractivity contribution is 5.33. The zero-order chi connectivity index (χ0) is 45.7. The molecule has 0 aromatic carbocycles. The molecule has 0 saturated carbocycles. The van der Waals surface area contributed by atoms with Crippen molar-refractivity contribution in [3.63, 3.8) is 0 Å². The van der Waals surface area contributed by atoms with E-state index >= 15 is 0 Å². The number of carbonyl (C=O) groups is 2. The van der Waals surface area contributed by atoms with E-state index in [1.54, 1.807) is 12.4 Å². The predicted molar refractivity (Wildman–Crippen MR) is 267 cm³/mol. The van der Waals surface area contributed by atoms with Gasteiger partial charge < -0.3 is 37.2 Å². The van der Waals surface area contributed by atoms with Crippen LogP contribution in [-0.4, -0.2) is 61.3 Å². The van der Waals surface area contributed by atoms with Gasteiger partial charge in [-0.1, -0.05) is 233 Å². The van der Waals surface area contributed by atoms with Crippen molar-refractivity contribution in [1.29, 1.82) is 0 Å². The van der Waals surface area contributed by atoms with Gasteiger partial charge in [0.05, 0.1) is 11.4 Å². The average Bonchev–Trinajstić information content (AvgIpc) is 3.26. The second-order valence-corrected chi connectivity index (χ2v) is 17.7. The molecule has 0 amide bonds. The maximum atomic E-state index is 8.36. The monoisotopic (exact) mass is 866 g/mol. The van der Waals surface area contributed by atoms with Gasteiger partial charge in [-0.15, -0.1) is 0 Å². The number of likely N-dealkylation sites (N-methyl/N-ethyl adjacent to an activating group) is 1. The Morgan fingerprint density at radius 3 is 1.07 bits per heavy atom. The van der Waals surface area contributed by atoms with Gasteiger partial charge in [0, 0.05) is 26.0 Å². The minimum Gasteiger partial charge on any atom is -0.483 e. The Balaban J connectivity index is -0.00000526. The second kappa shape index (κ2) is 55.6. The van der Waals surface area contributed by atoms with Crippen LogP contribution in [-0.2, 0) is 9.59 Å². The summed E-state index contributed by atoms with van der Waals surface area (Å²) >= 11 is 0. The quantitative estimate of drug-likeness (QED) is 0.0199.